The molecular weight excluding hydrogens is 224 g/mol. The lowest BCUT2D eigenvalue weighted by atomic mass is 9.92. The minimum atomic E-state index is 0.370. The zero-order valence-corrected chi connectivity index (χ0v) is 11.7. The van der Waals surface area contributed by atoms with Crippen LogP contribution in [0.5, 0.6) is 0 Å². The van der Waals surface area contributed by atoms with Crippen LogP contribution in [0.4, 0.5) is 5.69 Å². The number of aryl methyl sites for hydroxylation is 2. The van der Waals surface area contributed by atoms with Gasteiger partial charge in [-0.2, -0.15) is 5.10 Å². The minimum absolute atomic E-state index is 0.370. The van der Waals surface area contributed by atoms with Gasteiger partial charge >= 0.3 is 0 Å². The molecule has 1 aromatic rings. The molecule has 0 bridgehead atoms. The predicted molar refractivity (Wildman–Crippen MR) is 74.0 cm³/mol. The van der Waals surface area contributed by atoms with Gasteiger partial charge in [-0.25, -0.2) is 0 Å². The third-order valence-electron chi connectivity index (χ3n) is 4.64. The van der Waals surface area contributed by atoms with E-state index in [1.54, 1.807) is 0 Å². The van der Waals surface area contributed by atoms with Crippen LogP contribution in [0.25, 0.3) is 0 Å². The topological polar surface area (TPSA) is 33.1 Å². The molecule has 1 spiro atoms. The average Bonchev–Trinajstić information content (AvgIpc) is 2.90. The van der Waals surface area contributed by atoms with Crippen LogP contribution in [0, 0.1) is 6.92 Å². The summed E-state index contributed by atoms with van der Waals surface area (Å²) in [5.41, 5.74) is 2.84. The molecule has 4 nitrogen and oxygen atoms in total. The van der Waals surface area contributed by atoms with Crippen molar-refractivity contribution in [3.8, 4) is 0 Å². The van der Waals surface area contributed by atoms with Crippen LogP contribution in [0.2, 0.25) is 0 Å². The van der Waals surface area contributed by atoms with Gasteiger partial charge in [0, 0.05) is 37.9 Å². The Bertz CT molecular complexity index is 431. The summed E-state index contributed by atoms with van der Waals surface area (Å²) in [4.78, 5) is 2.56. The van der Waals surface area contributed by atoms with Gasteiger partial charge in [0.05, 0.1) is 11.4 Å². The van der Waals surface area contributed by atoms with Crippen molar-refractivity contribution in [3.63, 3.8) is 0 Å². The number of hydrogen-bond acceptors (Lipinski definition) is 3. The third kappa shape index (κ3) is 1.92. The number of rotatable bonds is 1. The van der Waals surface area contributed by atoms with Gasteiger partial charge in [-0.05, 0) is 26.7 Å². The molecule has 1 N–H and O–H groups in total. The molecule has 1 unspecified atom stereocenters. The summed E-state index contributed by atoms with van der Waals surface area (Å²) in [6.07, 6.45) is 7.58. The number of hydrogen-bond donors (Lipinski definition) is 1. The number of piperazine rings is 1. The molecule has 4 heteroatoms. The first-order valence-electron chi connectivity index (χ1n) is 7.12. The zero-order chi connectivity index (χ0) is 12.8. The van der Waals surface area contributed by atoms with Crippen LogP contribution in [0.15, 0.2) is 6.20 Å². The SMILES string of the molecule is Cc1nn(C)cc1N1CC2(CCCC2)NCC1C. The molecule has 1 aromatic heterocycles. The molecule has 1 aliphatic heterocycles. The highest BCUT2D eigenvalue weighted by molar-refractivity contribution is 5.51. The molecule has 0 amide bonds. The van der Waals surface area contributed by atoms with Crippen molar-refractivity contribution in [1.82, 2.24) is 15.1 Å². The molecule has 2 heterocycles. The van der Waals surface area contributed by atoms with Gasteiger partial charge in [0.1, 0.15) is 0 Å². The summed E-state index contributed by atoms with van der Waals surface area (Å²) in [7, 11) is 2.01. The van der Waals surface area contributed by atoms with E-state index in [-0.39, 0.29) is 0 Å². The van der Waals surface area contributed by atoms with Crippen molar-refractivity contribution in [2.75, 3.05) is 18.0 Å². The van der Waals surface area contributed by atoms with E-state index in [9.17, 15) is 0 Å². The van der Waals surface area contributed by atoms with Crippen molar-refractivity contribution in [2.45, 2.75) is 51.1 Å². The third-order valence-corrected chi connectivity index (χ3v) is 4.64. The maximum absolute atomic E-state index is 4.49. The molecule has 0 radical (unpaired) electrons. The molecule has 1 atom stereocenters. The van der Waals surface area contributed by atoms with Gasteiger partial charge < -0.3 is 10.2 Å². The molecule has 1 aliphatic carbocycles. The number of aromatic nitrogens is 2. The van der Waals surface area contributed by atoms with Crippen molar-refractivity contribution in [3.05, 3.63) is 11.9 Å². The summed E-state index contributed by atoms with van der Waals surface area (Å²) in [5.74, 6) is 0. The first-order valence-corrected chi connectivity index (χ1v) is 7.12. The van der Waals surface area contributed by atoms with Crippen LogP contribution in [-0.2, 0) is 7.05 Å². The van der Waals surface area contributed by atoms with Crippen molar-refractivity contribution in [1.29, 1.82) is 0 Å². The second-order valence-electron chi connectivity index (χ2n) is 6.12. The van der Waals surface area contributed by atoms with Gasteiger partial charge in [-0.3, -0.25) is 4.68 Å². The van der Waals surface area contributed by atoms with E-state index in [0.29, 0.717) is 11.6 Å². The van der Waals surface area contributed by atoms with Gasteiger partial charge in [-0.15, -0.1) is 0 Å². The van der Waals surface area contributed by atoms with Gasteiger partial charge in [-0.1, -0.05) is 12.8 Å². The Hall–Kier alpha value is -1.03. The fourth-order valence-electron chi connectivity index (χ4n) is 3.59. The number of nitrogens with zero attached hydrogens (tertiary/aromatic N) is 3. The van der Waals surface area contributed by atoms with Crippen molar-refractivity contribution < 1.29 is 0 Å². The van der Waals surface area contributed by atoms with Crippen LogP contribution in [0.1, 0.15) is 38.3 Å². The summed E-state index contributed by atoms with van der Waals surface area (Å²) in [6, 6.07) is 0.555. The molecule has 100 valence electrons. The molecule has 1 saturated carbocycles. The second-order valence-corrected chi connectivity index (χ2v) is 6.12. The van der Waals surface area contributed by atoms with E-state index in [0.717, 1.165) is 18.8 Å². The number of nitrogens with one attached hydrogen (secondary N) is 1. The van der Waals surface area contributed by atoms with Crippen molar-refractivity contribution in [2.24, 2.45) is 7.05 Å². The van der Waals surface area contributed by atoms with E-state index in [4.69, 9.17) is 0 Å². The lowest BCUT2D eigenvalue weighted by Gasteiger charge is -2.46. The minimum Gasteiger partial charge on any atom is -0.363 e. The average molecular weight is 248 g/mol. The Morgan fingerprint density at radius 1 is 1.39 bits per heavy atom. The fourth-order valence-corrected chi connectivity index (χ4v) is 3.59. The highest BCUT2D eigenvalue weighted by atomic mass is 15.3. The molecule has 2 aliphatic rings. The predicted octanol–water partition coefficient (Wildman–Crippen LogP) is 1.84. The first kappa shape index (κ1) is 12.0. The van der Waals surface area contributed by atoms with E-state index in [1.165, 1.54) is 31.4 Å². The van der Waals surface area contributed by atoms with E-state index < -0.39 is 0 Å². The monoisotopic (exact) mass is 248 g/mol. The standard InChI is InChI=1S/C14H24N4/c1-11-8-15-14(6-4-5-7-14)10-18(11)13-9-17(3)16-12(13)2/h9,11,15H,4-8,10H2,1-3H3. The smallest absolute Gasteiger partial charge is 0.0827 e. The Balaban J connectivity index is 1.87. The summed E-state index contributed by atoms with van der Waals surface area (Å²) < 4.78 is 1.93. The van der Waals surface area contributed by atoms with E-state index in [1.807, 2.05) is 11.7 Å². The maximum atomic E-state index is 4.49. The highest BCUT2D eigenvalue weighted by Crippen LogP contribution is 2.35. The van der Waals surface area contributed by atoms with Crippen LogP contribution >= 0.6 is 0 Å². The first-order chi connectivity index (χ1) is 8.60. The zero-order valence-electron chi connectivity index (χ0n) is 11.7. The van der Waals surface area contributed by atoms with Crippen LogP contribution in [-0.4, -0.2) is 34.5 Å². The Morgan fingerprint density at radius 2 is 2.11 bits per heavy atom. The van der Waals surface area contributed by atoms with Gasteiger partial charge in [0.25, 0.3) is 0 Å². The quantitative estimate of drug-likeness (QED) is 0.823. The normalized spacial score (nSPS) is 27.1. The number of anilines is 1. The fraction of sp³-hybridized carbons (Fsp3) is 0.786. The lowest BCUT2D eigenvalue weighted by Crippen LogP contribution is -2.62. The second kappa shape index (κ2) is 4.26. The molecule has 1 saturated heterocycles. The summed E-state index contributed by atoms with van der Waals surface area (Å²) in [5, 5.41) is 8.29. The van der Waals surface area contributed by atoms with Crippen LogP contribution < -0.4 is 10.2 Å². The Labute approximate surface area is 109 Å². The maximum Gasteiger partial charge on any atom is 0.0827 e. The van der Waals surface area contributed by atoms with Crippen LogP contribution in [0.3, 0.4) is 0 Å². The summed E-state index contributed by atoms with van der Waals surface area (Å²) >= 11 is 0. The largest absolute Gasteiger partial charge is 0.363 e. The van der Waals surface area contributed by atoms with Crippen molar-refractivity contribution >= 4 is 5.69 Å². The Kier molecular flexibility index (Phi) is 2.85. The highest BCUT2D eigenvalue weighted by Gasteiger charge is 2.40. The Morgan fingerprint density at radius 3 is 2.72 bits per heavy atom. The molecular formula is C14H24N4. The molecule has 18 heavy (non-hydrogen) atoms. The van der Waals surface area contributed by atoms with E-state index in [2.05, 4.69) is 35.4 Å². The molecule has 0 aromatic carbocycles. The van der Waals surface area contributed by atoms with E-state index >= 15 is 0 Å². The van der Waals surface area contributed by atoms with Gasteiger partial charge in [0.2, 0.25) is 0 Å². The lowest BCUT2D eigenvalue weighted by molar-refractivity contribution is 0.276. The molecule has 2 fully saturated rings. The summed E-state index contributed by atoms with van der Waals surface area (Å²) in [6.45, 7) is 6.65. The molecule has 3 rings (SSSR count). The van der Waals surface area contributed by atoms with Gasteiger partial charge in [0.15, 0.2) is 0 Å².